The summed E-state index contributed by atoms with van der Waals surface area (Å²) < 4.78 is 10.6. The number of hydrogen-bond acceptors (Lipinski definition) is 12. The van der Waals surface area contributed by atoms with E-state index in [1.165, 1.54) is 0 Å². The molecule has 0 spiro atoms. The topological polar surface area (TPSA) is 186 Å². The molecule has 0 unspecified atom stereocenters. The summed E-state index contributed by atoms with van der Waals surface area (Å²) in [5.41, 5.74) is 8.64. The van der Waals surface area contributed by atoms with Crippen LogP contribution in [-0.2, 0) is 27.1 Å². The van der Waals surface area contributed by atoms with Crippen molar-refractivity contribution in [2.24, 2.45) is 5.73 Å². The van der Waals surface area contributed by atoms with Gasteiger partial charge in [-0.2, -0.15) is 15.0 Å². The molecule has 13 heteroatoms. The van der Waals surface area contributed by atoms with E-state index in [1.54, 1.807) is 12.1 Å². The van der Waals surface area contributed by atoms with Crippen molar-refractivity contribution < 1.29 is 24.2 Å². The van der Waals surface area contributed by atoms with Crippen molar-refractivity contribution in [3.8, 4) is 0 Å². The molecule has 0 fully saturated rings. The van der Waals surface area contributed by atoms with E-state index in [1.807, 2.05) is 36.4 Å². The predicted molar refractivity (Wildman–Crippen MR) is 157 cm³/mol. The second-order valence-corrected chi connectivity index (χ2v) is 8.85. The number of benzene rings is 2. The first-order chi connectivity index (χ1) is 20.1. The number of carbonyl (C=O) groups excluding carboxylic acids is 2. The monoisotopic (exact) mass is 566 g/mol. The number of ether oxygens (including phenoxy) is 2. The molecule has 1 aromatic heterocycles. The lowest BCUT2D eigenvalue weighted by Gasteiger charge is -2.11. The second kappa shape index (κ2) is 18.2. The fourth-order valence-corrected chi connectivity index (χ4v) is 3.59. The summed E-state index contributed by atoms with van der Waals surface area (Å²) in [5.74, 6) is 0.904. The molecule has 0 aliphatic carbocycles. The lowest BCUT2D eigenvalue weighted by atomic mass is 10.1. The summed E-state index contributed by atoms with van der Waals surface area (Å²) in [5, 5.41) is 21.3. The highest BCUT2D eigenvalue weighted by molar-refractivity contribution is 5.78. The third-order valence-electron chi connectivity index (χ3n) is 5.62. The minimum Gasteiger partial charge on any atom is -0.395 e. The van der Waals surface area contributed by atoms with Crippen LogP contribution in [0.4, 0.5) is 23.5 Å². The minimum absolute atomic E-state index is 0.0692. The molecule has 0 aliphatic rings. The molecule has 0 saturated heterocycles. The van der Waals surface area contributed by atoms with Crippen molar-refractivity contribution in [2.45, 2.75) is 12.8 Å². The molecular formula is C28H38N8O5. The van der Waals surface area contributed by atoms with E-state index in [2.05, 4.69) is 36.2 Å². The molecule has 1 amide bonds. The number of amides is 1. The maximum Gasteiger partial charge on any atom is 0.233 e. The van der Waals surface area contributed by atoms with Gasteiger partial charge >= 0.3 is 0 Å². The summed E-state index contributed by atoms with van der Waals surface area (Å²) in [6.45, 7) is 3.54. The fourth-order valence-electron chi connectivity index (χ4n) is 3.59. The highest BCUT2D eigenvalue weighted by Gasteiger charge is 2.08. The molecule has 1 heterocycles. The Morgan fingerprint density at radius 1 is 0.805 bits per heavy atom. The third-order valence-corrected chi connectivity index (χ3v) is 5.62. The molecule has 7 N–H and O–H groups in total. The number of aldehydes is 1. The number of rotatable bonds is 20. The van der Waals surface area contributed by atoms with Gasteiger partial charge in [-0.25, -0.2) is 0 Å². The van der Waals surface area contributed by atoms with Gasteiger partial charge in [-0.1, -0.05) is 36.4 Å². The Labute approximate surface area is 239 Å². The van der Waals surface area contributed by atoms with Gasteiger partial charge < -0.3 is 41.6 Å². The number of carbonyl (C=O) groups is 2. The van der Waals surface area contributed by atoms with E-state index in [0.29, 0.717) is 75.9 Å². The van der Waals surface area contributed by atoms with Crippen molar-refractivity contribution in [1.29, 1.82) is 0 Å². The van der Waals surface area contributed by atoms with Crippen molar-refractivity contribution >= 4 is 35.7 Å². The highest BCUT2D eigenvalue weighted by atomic mass is 16.5. The minimum atomic E-state index is -0.0962. The molecule has 0 aliphatic heterocycles. The van der Waals surface area contributed by atoms with Gasteiger partial charge in [-0.15, -0.1) is 0 Å². The van der Waals surface area contributed by atoms with Crippen molar-refractivity contribution in [2.75, 3.05) is 75.2 Å². The summed E-state index contributed by atoms with van der Waals surface area (Å²) in [7, 11) is 0. The first-order valence-electron chi connectivity index (χ1n) is 13.5. The molecule has 41 heavy (non-hydrogen) atoms. The van der Waals surface area contributed by atoms with Gasteiger partial charge in [0.25, 0.3) is 0 Å². The largest absolute Gasteiger partial charge is 0.395 e. The fraction of sp³-hybridized carbons (Fsp3) is 0.393. The average molecular weight is 567 g/mol. The zero-order valence-electron chi connectivity index (χ0n) is 23.0. The Kier molecular flexibility index (Phi) is 13.9. The molecule has 2 aromatic carbocycles. The molecule has 0 radical (unpaired) electrons. The zero-order valence-corrected chi connectivity index (χ0v) is 23.0. The third kappa shape index (κ3) is 12.3. The van der Waals surface area contributed by atoms with Gasteiger partial charge in [0, 0.05) is 37.4 Å². The first-order valence-corrected chi connectivity index (χ1v) is 13.5. The number of nitrogens with zero attached hydrogens (tertiary/aromatic N) is 3. The number of anilines is 4. The molecule has 220 valence electrons. The Balaban J connectivity index is 1.49. The van der Waals surface area contributed by atoms with Crippen LogP contribution in [0.15, 0.2) is 48.5 Å². The Bertz CT molecular complexity index is 1200. The first kappa shape index (κ1) is 31.4. The normalized spacial score (nSPS) is 10.7. The Hall–Kier alpha value is -4.17. The summed E-state index contributed by atoms with van der Waals surface area (Å²) in [6.07, 6.45) is 1.77. The maximum atomic E-state index is 12.2. The van der Waals surface area contributed by atoms with Crippen LogP contribution in [0.1, 0.15) is 21.5 Å². The van der Waals surface area contributed by atoms with Crippen LogP contribution in [0.2, 0.25) is 0 Å². The van der Waals surface area contributed by atoms with Crippen LogP contribution in [-0.4, -0.2) is 91.5 Å². The highest BCUT2D eigenvalue weighted by Crippen LogP contribution is 2.17. The molecular weight excluding hydrogens is 528 g/mol. The maximum absolute atomic E-state index is 12.2. The smallest absolute Gasteiger partial charge is 0.233 e. The Morgan fingerprint density at radius 3 is 2.10 bits per heavy atom. The van der Waals surface area contributed by atoms with Crippen molar-refractivity contribution in [3.05, 3.63) is 65.2 Å². The molecule has 0 atom stereocenters. The molecule has 13 nitrogen and oxygen atoms in total. The van der Waals surface area contributed by atoms with Crippen LogP contribution < -0.4 is 27.0 Å². The van der Waals surface area contributed by atoms with E-state index in [9.17, 15) is 14.7 Å². The van der Waals surface area contributed by atoms with Gasteiger partial charge in [0.15, 0.2) is 0 Å². The van der Waals surface area contributed by atoms with Gasteiger partial charge in [-0.3, -0.25) is 9.59 Å². The van der Waals surface area contributed by atoms with Crippen molar-refractivity contribution in [3.63, 3.8) is 0 Å². The molecule has 3 rings (SSSR count). The van der Waals surface area contributed by atoms with Crippen LogP contribution in [0.3, 0.4) is 0 Å². The van der Waals surface area contributed by atoms with E-state index in [0.717, 1.165) is 23.1 Å². The Morgan fingerprint density at radius 2 is 1.44 bits per heavy atom. The lowest BCUT2D eigenvalue weighted by molar-refractivity contribution is -0.120. The van der Waals surface area contributed by atoms with E-state index >= 15 is 0 Å². The van der Waals surface area contributed by atoms with Crippen LogP contribution in [0, 0.1) is 0 Å². The molecule has 0 saturated carbocycles. The predicted octanol–water partition coefficient (Wildman–Crippen LogP) is 1.14. The zero-order chi connectivity index (χ0) is 29.1. The van der Waals surface area contributed by atoms with Gasteiger partial charge in [0.1, 0.15) is 6.29 Å². The van der Waals surface area contributed by atoms with Crippen LogP contribution in [0.5, 0.6) is 0 Å². The number of aliphatic hydroxyl groups excluding tert-OH is 1. The van der Waals surface area contributed by atoms with Crippen molar-refractivity contribution in [1.82, 2.24) is 20.3 Å². The number of hydrogen-bond donors (Lipinski definition) is 6. The van der Waals surface area contributed by atoms with Gasteiger partial charge in [-0.05, 0) is 29.7 Å². The SMILES string of the molecule is NCCOCCOCCNC(=O)Cc1ccc(Nc2nc(NCCO)nc(NCCc3ccc(C=O)cc3)n2)cc1. The number of nitrogens with one attached hydrogen (secondary N) is 4. The van der Waals surface area contributed by atoms with E-state index < -0.39 is 0 Å². The van der Waals surface area contributed by atoms with Crippen LogP contribution in [0.25, 0.3) is 0 Å². The van der Waals surface area contributed by atoms with Gasteiger partial charge in [0.05, 0.1) is 39.5 Å². The van der Waals surface area contributed by atoms with E-state index in [4.69, 9.17) is 15.2 Å². The second-order valence-electron chi connectivity index (χ2n) is 8.85. The van der Waals surface area contributed by atoms with E-state index in [-0.39, 0.29) is 25.5 Å². The van der Waals surface area contributed by atoms with Crippen LogP contribution >= 0.6 is 0 Å². The lowest BCUT2D eigenvalue weighted by Crippen LogP contribution is -2.29. The number of aromatic nitrogens is 3. The summed E-state index contributed by atoms with van der Waals surface area (Å²) >= 11 is 0. The number of nitrogens with two attached hydrogens (primary N) is 1. The molecule has 0 bridgehead atoms. The standard InChI is InChI=1S/C28H38N8O5/c29-10-15-40-17-18-41-16-13-30-25(39)19-22-5-7-24(8-6-22)33-28-35-26(34-27(36-28)32-12-14-37)31-11-9-21-1-3-23(20-38)4-2-21/h1-8,20,37H,9-19,29H2,(H,30,39)(H3,31,32,33,34,35,36). The summed E-state index contributed by atoms with van der Waals surface area (Å²) in [4.78, 5) is 36.3. The summed E-state index contributed by atoms with van der Waals surface area (Å²) in [6, 6.07) is 14.8. The average Bonchev–Trinajstić information content (AvgIpc) is 2.99. The van der Waals surface area contributed by atoms with Gasteiger partial charge in [0.2, 0.25) is 23.8 Å². The number of aliphatic hydroxyl groups is 1. The molecule has 3 aromatic rings. The quantitative estimate of drug-likeness (QED) is 0.0847.